The minimum Gasteiger partial charge on any atom is -0.467 e. The molecule has 3 aromatic rings. The molecule has 0 spiro atoms. The van der Waals surface area contributed by atoms with E-state index in [-0.39, 0.29) is 28.6 Å². The van der Waals surface area contributed by atoms with E-state index >= 15 is 0 Å². The number of para-hydroxylation sites is 2. The Morgan fingerprint density at radius 2 is 1.51 bits per heavy atom. The highest BCUT2D eigenvalue weighted by Crippen LogP contribution is 2.26. The van der Waals surface area contributed by atoms with E-state index in [0.29, 0.717) is 31.6 Å². The van der Waals surface area contributed by atoms with E-state index in [1.54, 1.807) is 60.7 Å². The van der Waals surface area contributed by atoms with Gasteiger partial charge >= 0.3 is 5.97 Å². The number of carbonyl (C=O) groups is 3. The molecule has 11 nitrogen and oxygen atoms in total. The molecule has 0 heterocycles. The minimum absolute atomic E-state index is 0. The molecule has 0 bridgehead atoms. The van der Waals surface area contributed by atoms with Gasteiger partial charge in [0.05, 0.1) is 24.2 Å². The first-order valence-electron chi connectivity index (χ1n) is 12.5. The number of ether oxygens (including phenoxy) is 1. The first-order valence-corrected chi connectivity index (χ1v) is 14.0. The van der Waals surface area contributed by atoms with Crippen LogP contribution in [0, 0.1) is 0 Å². The third-order valence-electron chi connectivity index (χ3n) is 5.71. The first kappa shape index (κ1) is 33.1. The standard InChI is InChI=1S/C28H32N4O7S.ClH/c1-38-28(35)25(14-8-9-19-29)31-26(33)20-30-27(34)21-15-17-24(18-16-21)40(36,37)32(22-10-4-2-5-11-22)39-23-12-6-3-7-13-23;/h2-7,10-13,15-18,25H,8-9,14,19-20,29H2,1H3,(H,30,34)(H,31,33);1H. The Labute approximate surface area is 245 Å². The molecule has 1 atom stereocenters. The summed E-state index contributed by atoms with van der Waals surface area (Å²) in [5, 5.41) is 5.00. The number of halogens is 1. The monoisotopic (exact) mass is 604 g/mol. The van der Waals surface area contributed by atoms with E-state index in [0.717, 1.165) is 4.47 Å². The topological polar surface area (TPSA) is 157 Å². The fourth-order valence-electron chi connectivity index (χ4n) is 3.63. The SMILES string of the molecule is COC(=O)C(CCCCN)NC(=O)CNC(=O)c1ccc(S(=O)(=O)N(Oc2ccccc2)c2ccccc2)cc1.Cl. The number of hydrogen-bond donors (Lipinski definition) is 3. The van der Waals surface area contributed by atoms with Crippen molar-refractivity contribution in [1.29, 1.82) is 0 Å². The van der Waals surface area contributed by atoms with Crippen molar-refractivity contribution in [3.8, 4) is 5.75 Å². The molecule has 4 N–H and O–H groups in total. The van der Waals surface area contributed by atoms with Gasteiger partial charge in [0.1, 0.15) is 6.04 Å². The van der Waals surface area contributed by atoms with E-state index in [2.05, 4.69) is 10.6 Å². The van der Waals surface area contributed by atoms with Crippen molar-refractivity contribution in [1.82, 2.24) is 10.6 Å². The maximum atomic E-state index is 13.5. The number of benzene rings is 3. The molecule has 3 aromatic carbocycles. The summed E-state index contributed by atoms with van der Waals surface area (Å²) in [6, 6.07) is 21.1. The summed E-state index contributed by atoms with van der Waals surface area (Å²) in [6.07, 6.45) is 1.66. The molecule has 0 aliphatic carbocycles. The van der Waals surface area contributed by atoms with E-state index in [4.69, 9.17) is 15.3 Å². The van der Waals surface area contributed by atoms with Crippen LogP contribution in [0.4, 0.5) is 5.69 Å². The van der Waals surface area contributed by atoms with Crippen molar-refractivity contribution in [2.75, 3.05) is 24.7 Å². The lowest BCUT2D eigenvalue weighted by Crippen LogP contribution is -2.46. The summed E-state index contributed by atoms with van der Waals surface area (Å²) in [4.78, 5) is 42.5. The van der Waals surface area contributed by atoms with Crippen molar-refractivity contribution in [2.45, 2.75) is 30.2 Å². The molecular weight excluding hydrogens is 572 g/mol. The number of amides is 2. The predicted octanol–water partition coefficient (Wildman–Crippen LogP) is 2.81. The summed E-state index contributed by atoms with van der Waals surface area (Å²) < 4.78 is 32.6. The van der Waals surface area contributed by atoms with Gasteiger partial charge in [-0.2, -0.15) is 8.42 Å². The molecule has 0 saturated carbocycles. The third-order valence-corrected chi connectivity index (χ3v) is 7.30. The molecule has 220 valence electrons. The van der Waals surface area contributed by atoms with Crippen LogP contribution < -0.4 is 25.7 Å². The maximum Gasteiger partial charge on any atom is 0.328 e. The van der Waals surface area contributed by atoms with Gasteiger partial charge in [-0.3, -0.25) is 9.59 Å². The van der Waals surface area contributed by atoms with E-state index in [1.165, 1.54) is 31.4 Å². The van der Waals surface area contributed by atoms with E-state index in [1.807, 2.05) is 0 Å². The zero-order valence-corrected chi connectivity index (χ0v) is 24.0. The molecule has 0 radical (unpaired) electrons. The van der Waals surface area contributed by atoms with Gasteiger partial charge in [0.25, 0.3) is 15.9 Å². The number of esters is 1. The summed E-state index contributed by atoms with van der Waals surface area (Å²) in [6.45, 7) is 0.0677. The van der Waals surface area contributed by atoms with Gasteiger partial charge in [-0.05, 0) is 74.3 Å². The minimum atomic E-state index is -4.19. The van der Waals surface area contributed by atoms with Gasteiger partial charge in [0, 0.05) is 5.56 Å². The quantitative estimate of drug-likeness (QED) is 0.144. The van der Waals surface area contributed by atoms with Crippen LogP contribution in [0.3, 0.4) is 0 Å². The number of rotatable bonds is 14. The average Bonchev–Trinajstić information content (AvgIpc) is 2.98. The fourth-order valence-corrected chi connectivity index (χ4v) is 4.89. The van der Waals surface area contributed by atoms with Gasteiger partial charge < -0.3 is 25.9 Å². The van der Waals surface area contributed by atoms with Crippen LogP contribution in [0.15, 0.2) is 89.8 Å². The predicted molar refractivity (Wildman–Crippen MR) is 156 cm³/mol. The zero-order valence-electron chi connectivity index (χ0n) is 22.4. The van der Waals surface area contributed by atoms with Gasteiger partial charge in [0.2, 0.25) is 5.91 Å². The van der Waals surface area contributed by atoms with Gasteiger partial charge in [-0.1, -0.05) is 40.9 Å². The largest absolute Gasteiger partial charge is 0.467 e. The second-order valence-corrected chi connectivity index (χ2v) is 10.4. The normalized spacial score (nSPS) is 11.4. The Hall–Kier alpha value is -4.13. The van der Waals surface area contributed by atoms with Crippen molar-refractivity contribution in [3.63, 3.8) is 0 Å². The number of carbonyl (C=O) groups excluding carboxylic acids is 3. The fraction of sp³-hybridized carbons (Fsp3) is 0.250. The Balaban J connectivity index is 0.00000588. The van der Waals surface area contributed by atoms with Gasteiger partial charge in [-0.25, -0.2) is 4.79 Å². The van der Waals surface area contributed by atoms with Gasteiger partial charge in [0.15, 0.2) is 5.75 Å². The van der Waals surface area contributed by atoms with Crippen LogP contribution in [-0.4, -0.2) is 52.4 Å². The highest BCUT2D eigenvalue weighted by Gasteiger charge is 2.28. The third kappa shape index (κ3) is 9.48. The lowest BCUT2D eigenvalue weighted by Gasteiger charge is -2.24. The number of hydrogen-bond acceptors (Lipinski definition) is 8. The Kier molecular flexibility index (Phi) is 13.1. The number of nitrogens with zero attached hydrogens (tertiary/aromatic N) is 1. The van der Waals surface area contributed by atoms with Crippen LogP contribution in [0.2, 0.25) is 0 Å². The molecule has 0 saturated heterocycles. The maximum absolute atomic E-state index is 13.5. The molecule has 13 heteroatoms. The van der Waals surface area contributed by atoms with Gasteiger partial charge in [-0.15, -0.1) is 12.4 Å². The summed E-state index contributed by atoms with van der Waals surface area (Å²) in [5.41, 5.74) is 5.89. The lowest BCUT2D eigenvalue weighted by atomic mass is 10.1. The molecule has 0 aliphatic heterocycles. The summed E-state index contributed by atoms with van der Waals surface area (Å²) in [5.74, 6) is -1.45. The number of anilines is 1. The first-order chi connectivity index (χ1) is 19.3. The van der Waals surface area contributed by atoms with Crippen LogP contribution in [-0.2, 0) is 24.3 Å². The Morgan fingerprint density at radius 3 is 2.10 bits per heavy atom. The highest BCUT2D eigenvalue weighted by molar-refractivity contribution is 7.92. The summed E-state index contributed by atoms with van der Waals surface area (Å²) in [7, 11) is -2.97. The highest BCUT2D eigenvalue weighted by atomic mass is 35.5. The number of unbranched alkanes of at least 4 members (excludes halogenated alkanes) is 1. The molecular formula is C28H33ClN4O7S. The van der Waals surface area contributed by atoms with Crippen molar-refractivity contribution >= 4 is 45.9 Å². The number of nitrogens with one attached hydrogen (secondary N) is 2. The molecule has 2 amide bonds. The van der Waals surface area contributed by atoms with E-state index in [9.17, 15) is 22.8 Å². The van der Waals surface area contributed by atoms with Crippen LogP contribution in [0.5, 0.6) is 5.75 Å². The Morgan fingerprint density at radius 1 is 0.902 bits per heavy atom. The van der Waals surface area contributed by atoms with Crippen molar-refractivity contribution in [3.05, 3.63) is 90.5 Å². The Bertz CT molecular complexity index is 1380. The molecule has 0 fully saturated rings. The molecule has 3 rings (SSSR count). The average molecular weight is 605 g/mol. The smallest absolute Gasteiger partial charge is 0.328 e. The van der Waals surface area contributed by atoms with Crippen LogP contribution >= 0.6 is 12.4 Å². The zero-order chi connectivity index (χ0) is 29.0. The van der Waals surface area contributed by atoms with Crippen LogP contribution in [0.1, 0.15) is 29.6 Å². The molecule has 0 aromatic heterocycles. The summed E-state index contributed by atoms with van der Waals surface area (Å²) >= 11 is 0. The van der Waals surface area contributed by atoms with E-state index < -0.39 is 40.4 Å². The van der Waals surface area contributed by atoms with Crippen molar-refractivity contribution < 1.29 is 32.4 Å². The second kappa shape index (κ2) is 16.2. The number of methoxy groups -OCH3 is 1. The van der Waals surface area contributed by atoms with Crippen molar-refractivity contribution in [2.24, 2.45) is 5.73 Å². The molecule has 1 unspecified atom stereocenters. The molecule has 41 heavy (non-hydrogen) atoms. The number of nitrogens with two attached hydrogens (primary N) is 1. The lowest BCUT2D eigenvalue weighted by molar-refractivity contribution is -0.145. The van der Waals surface area contributed by atoms with Crippen LogP contribution in [0.25, 0.3) is 0 Å². The second-order valence-electron chi connectivity index (χ2n) is 8.61. The molecule has 0 aliphatic rings. The number of sulfonamides is 1.